The summed E-state index contributed by atoms with van der Waals surface area (Å²) in [5.41, 5.74) is 0.473. The van der Waals surface area contributed by atoms with Gasteiger partial charge in [-0.3, -0.25) is 4.57 Å². The van der Waals surface area contributed by atoms with Crippen LogP contribution in [-0.2, 0) is 5.88 Å². The average molecular weight is 306 g/mol. The first kappa shape index (κ1) is 13.7. The molecule has 0 N–H and O–H groups in total. The van der Waals surface area contributed by atoms with Gasteiger partial charge in [-0.1, -0.05) is 24.3 Å². The second-order valence-electron chi connectivity index (χ2n) is 4.34. The lowest BCUT2D eigenvalue weighted by Gasteiger charge is -2.10. The van der Waals surface area contributed by atoms with Crippen molar-refractivity contribution >= 4 is 11.6 Å². The van der Waals surface area contributed by atoms with Crippen LogP contribution < -0.4 is 0 Å². The molecule has 106 valence electrons. The molecule has 6 heteroatoms. The normalized spacial score (nSPS) is 10.8. The Balaban J connectivity index is 2.28. The van der Waals surface area contributed by atoms with Gasteiger partial charge in [0.1, 0.15) is 11.6 Å². The van der Waals surface area contributed by atoms with Gasteiger partial charge in [0.05, 0.1) is 11.4 Å². The van der Waals surface area contributed by atoms with Gasteiger partial charge < -0.3 is 0 Å². The summed E-state index contributed by atoms with van der Waals surface area (Å²) in [7, 11) is 0. The van der Waals surface area contributed by atoms with Crippen LogP contribution in [0.25, 0.3) is 17.1 Å². The van der Waals surface area contributed by atoms with Crippen LogP contribution in [0.2, 0.25) is 0 Å². The predicted molar refractivity (Wildman–Crippen MR) is 76.3 cm³/mol. The zero-order valence-corrected chi connectivity index (χ0v) is 11.6. The molecule has 0 aliphatic carbocycles. The fraction of sp³-hybridized carbons (Fsp3) is 0.0667. The number of rotatable bonds is 3. The number of hydrogen-bond acceptors (Lipinski definition) is 2. The molecule has 0 saturated carbocycles. The summed E-state index contributed by atoms with van der Waals surface area (Å²) in [6.45, 7) is 0. The van der Waals surface area contributed by atoms with E-state index in [0.29, 0.717) is 11.5 Å². The molecule has 0 unspecified atom stereocenters. The molecule has 21 heavy (non-hydrogen) atoms. The molecule has 0 radical (unpaired) electrons. The lowest BCUT2D eigenvalue weighted by molar-refractivity contribution is 0.586. The summed E-state index contributed by atoms with van der Waals surface area (Å²) in [5.74, 6) is -0.799. The van der Waals surface area contributed by atoms with Crippen molar-refractivity contribution in [2.45, 2.75) is 5.88 Å². The number of nitrogens with zero attached hydrogens (tertiary/aromatic N) is 3. The lowest BCUT2D eigenvalue weighted by atomic mass is 10.1. The van der Waals surface area contributed by atoms with E-state index in [0.717, 1.165) is 0 Å². The van der Waals surface area contributed by atoms with E-state index in [1.807, 2.05) is 18.2 Å². The summed E-state index contributed by atoms with van der Waals surface area (Å²) in [4.78, 5) is 0. The van der Waals surface area contributed by atoms with E-state index >= 15 is 0 Å². The minimum atomic E-state index is -0.694. The van der Waals surface area contributed by atoms with Crippen LogP contribution in [0.4, 0.5) is 8.78 Å². The molecule has 3 aromatic rings. The molecule has 1 heterocycles. The quantitative estimate of drug-likeness (QED) is 0.686. The molecule has 2 aromatic carbocycles. The maximum atomic E-state index is 14.0. The van der Waals surface area contributed by atoms with E-state index in [1.54, 1.807) is 16.7 Å². The SMILES string of the molecule is Fc1cccc(F)c1-c1nnc(CCl)n1-c1ccccc1. The molecule has 0 amide bonds. The highest BCUT2D eigenvalue weighted by Gasteiger charge is 2.20. The van der Waals surface area contributed by atoms with Crippen LogP contribution in [-0.4, -0.2) is 14.8 Å². The van der Waals surface area contributed by atoms with E-state index in [1.165, 1.54) is 18.2 Å². The van der Waals surface area contributed by atoms with Crippen molar-refractivity contribution in [2.24, 2.45) is 0 Å². The van der Waals surface area contributed by atoms with Crippen LogP contribution in [0.15, 0.2) is 48.5 Å². The van der Waals surface area contributed by atoms with Crippen molar-refractivity contribution in [2.75, 3.05) is 0 Å². The smallest absolute Gasteiger partial charge is 0.174 e. The topological polar surface area (TPSA) is 30.7 Å². The van der Waals surface area contributed by atoms with Crippen molar-refractivity contribution in [3.63, 3.8) is 0 Å². The summed E-state index contributed by atoms with van der Waals surface area (Å²) in [6, 6.07) is 12.7. The van der Waals surface area contributed by atoms with Crippen molar-refractivity contribution in [3.05, 3.63) is 66.0 Å². The van der Waals surface area contributed by atoms with Crippen molar-refractivity contribution in [1.82, 2.24) is 14.8 Å². The molecule has 0 saturated heterocycles. The van der Waals surface area contributed by atoms with Crippen LogP contribution >= 0.6 is 11.6 Å². The molecule has 0 fully saturated rings. The molecule has 0 spiro atoms. The standard InChI is InChI=1S/C15H10ClF2N3/c16-9-13-19-20-15(14-11(17)7-4-8-12(14)18)21(13)10-5-2-1-3-6-10/h1-8H,9H2. The van der Waals surface area contributed by atoms with Gasteiger partial charge in [0.2, 0.25) is 0 Å². The highest BCUT2D eigenvalue weighted by Crippen LogP contribution is 2.28. The Bertz CT molecular complexity index is 752. The van der Waals surface area contributed by atoms with Crippen molar-refractivity contribution in [3.8, 4) is 17.1 Å². The fourth-order valence-corrected chi connectivity index (χ4v) is 2.30. The summed E-state index contributed by atoms with van der Waals surface area (Å²) >= 11 is 5.85. The summed E-state index contributed by atoms with van der Waals surface area (Å²) in [6.07, 6.45) is 0. The third kappa shape index (κ3) is 2.40. The number of alkyl halides is 1. The van der Waals surface area contributed by atoms with E-state index in [2.05, 4.69) is 10.2 Å². The van der Waals surface area contributed by atoms with Gasteiger partial charge in [0.25, 0.3) is 0 Å². The summed E-state index contributed by atoms with van der Waals surface area (Å²) in [5, 5.41) is 7.82. The van der Waals surface area contributed by atoms with Gasteiger partial charge in [-0.05, 0) is 24.3 Å². The highest BCUT2D eigenvalue weighted by molar-refractivity contribution is 6.16. The molecular weight excluding hydrogens is 296 g/mol. The largest absolute Gasteiger partial charge is 0.278 e. The minimum absolute atomic E-state index is 0.0813. The maximum absolute atomic E-state index is 14.0. The second-order valence-corrected chi connectivity index (χ2v) is 4.61. The predicted octanol–water partition coefficient (Wildman–Crippen LogP) is 3.95. The number of hydrogen-bond donors (Lipinski definition) is 0. The molecule has 0 atom stereocenters. The average Bonchev–Trinajstić information content (AvgIpc) is 2.91. The van der Waals surface area contributed by atoms with Gasteiger partial charge in [-0.15, -0.1) is 21.8 Å². The van der Waals surface area contributed by atoms with Gasteiger partial charge >= 0.3 is 0 Å². The zero-order chi connectivity index (χ0) is 14.8. The first-order valence-electron chi connectivity index (χ1n) is 6.22. The molecule has 0 aliphatic heterocycles. The first-order chi connectivity index (χ1) is 10.2. The van der Waals surface area contributed by atoms with Crippen molar-refractivity contribution < 1.29 is 8.78 Å². The van der Waals surface area contributed by atoms with Gasteiger partial charge in [0.15, 0.2) is 11.6 Å². The van der Waals surface area contributed by atoms with E-state index in [4.69, 9.17) is 11.6 Å². The Morgan fingerprint density at radius 1 is 0.905 bits per heavy atom. The Labute approximate surface area is 124 Å². The van der Waals surface area contributed by atoms with Crippen LogP contribution in [0.1, 0.15) is 5.82 Å². The van der Waals surface area contributed by atoms with E-state index in [-0.39, 0.29) is 17.3 Å². The Hall–Kier alpha value is -2.27. The van der Waals surface area contributed by atoms with E-state index < -0.39 is 11.6 Å². The molecule has 0 aliphatic rings. The molecule has 3 nitrogen and oxygen atoms in total. The zero-order valence-electron chi connectivity index (χ0n) is 10.8. The van der Waals surface area contributed by atoms with Crippen LogP contribution in [0.5, 0.6) is 0 Å². The second kappa shape index (κ2) is 5.61. The molecular formula is C15H10ClF2N3. The third-order valence-electron chi connectivity index (χ3n) is 3.05. The maximum Gasteiger partial charge on any atom is 0.174 e. The first-order valence-corrected chi connectivity index (χ1v) is 6.76. The molecule has 3 rings (SSSR count). The Morgan fingerprint density at radius 2 is 1.57 bits per heavy atom. The summed E-state index contributed by atoms with van der Waals surface area (Å²) < 4.78 is 29.5. The number of aromatic nitrogens is 3. The minimum Gasteiger partial charge on any atom is -0.278 e. The van der Waals surface area contributed by atoms with Gasteiger partial charge in [-0.2, -0.15) is 0 Å². The fourth-order valence-electron chi connectivity index (χ4n) is 2.12. The number of benzene rings is 2. The van der Waals surface area contributed by atoms with E-state index in [9.17, 15) is 8.78 Å². The Morgan fingerprint density at radius 3 is 2.19 bits per heavy atom. The van der Waals surface area contributed by atoms with Crippen LogP contribution in [0.3, 0.4) is 0 Å². The highest BCUT2D eigenvalue weighted by atomic mass is 35.5. The van der Waals surface area contributed by atoms with Gasteiger partial charge in [0, 0.05) is 5.69 Å². The van der Waals surface area contributed by atoms with Gasteiger partial charge in [-0.25, -0.2) is 8.78 Å². The number of para-hydroxylation sites is 1. The lowest BCUT2D eigenvalue weighted by Crippen LogP contribution is -2.03. The van der Waals surface area contributed by atoms with Crippen molar-refractivity contribution in [1.29, 1.82) is 0 Å². The van der Waals surface area contributed by atoms with Crippen LogP contribution in [0, 0.1) is 11.6 Å². The number of halogens is 3. The molecule has 1 aromatic heterocycles. The molecule has 0 bridgehead atoms. The monoisotopic (exact) mass is 305 g/mol. The Kier molecular flexibility index (Phi) is 3.66. The third-order valence-corrected chi connectivity index (χ3v) is 3.29.